The Hall–Kier alpha value is -2.23. The summed E-state index contributed by atoms with van der Waals surface area (Å²) in [5, 5.41) is 5.84. The topological polar surface area (TPSA) is 27.6 Å². The van der Waals surface area contributed by atoms with Crippen molar-refractivity contribution in [1.29, 1.82) is 0 Å². The summed E-state index contributed by atoms with van der Waals surface area (Å²) in [7, 11) is 0. The van der Waals surface area contributed by atoms with Gasteiger partial charge < -0.3 is 10.2 Å². The minimum atomic E-state index is 0.577. The number of hydrogen-bond acceptors (Lipinski definition) is 3. The number of rotatable bonds is 6. The average molecular weight is 384 g/mol. The van der Waals surface area contributed by atoms with Crippen LogP contribution in [0.25, 0.3) is 10.8 Å². The molecule has 0 bridgehead atoms. The Labute approximate surface area is 163 Å². The molecular weight excluding hydrogens is 365 g/mol. The Morgan fingerprint density at radius 1 is 0.846 bits per heavy atom. The monoisotopic (exact) mass is 383 g/mol. The second-order valence-corrected chi connectivity index (χ2v) is 6.93. The van der Waals surface area contributed by atoms with E-state index in [2.05, 4.69) is 64.8 Å². The summed E-state index contributed by atoms with van der Waals surface area (Å²) in [4.78, 5) is 7.02. The van der Waals surface area contributed by atoms with E-state index in [4.69, 9.17) is 28.2 Å². The second kappa shape index (κ2) is 7.56. The van der Waals surface area contributed by atoms with E-state index in [1.165, 1.54) is 10.8 Å². The van der Waals surface area contributed by atoms with E-state index in [0.29, 0.717) is 11.8 Å². The molecule has 0 saturated carbocycles. The molecule has 4 rings (SSSR count). The van der Waals surface area contributed by atoms with Crippen LogP contribution in [0, 0.1) is 0 Å². The zero-order valence-corrected chi connectivity index (χ0v) is 15.8. The van der Waals surface area contributed by atoms with Gasteiger partial charge in [0.15, 0.2) is 0 Å². The maximum atomic E-state index is 5.91. The van der Waals surface area contributed by atoms with Crippen molar-refractivity contribution in [3.8, 4) is 0 Å². The van der Waals surface area contributed by atoms with Crippen LogP contribution in [0.5, 0.6) is 0 Å². The van der Waals surface area contributed by atoms with Crippen LogP contribution in [-0.4, -0.2) is 30.7 Å². The molecule has 3 aromatic rings. The predicted molar refractivity (Wildman–Crippen MR) is 114 cm³/mol. The minimum absolute atomic E-state index is 0.577. The van der Waals surface area contributed by atoms with Crippen molar-refractivity contribution in [2.24, 2.45) is 4.99 Å². The number of halogens is 2. The van der Waals surface area contributed by atoms with Crippen LogP contribution >= 0.6 is 23.2 Å². The van der Waals surface area contributed by atoms with Gasteiger partial charge in [-0.3, -0.25) is 0 Å². The van der Waals surface area contributed by atoms with E-state index in [1.807, 2.05) is 6.07 Å². The van der Waals surface area contributed by atoms with Gasteiger partial charge in [0.25, 0.3) is 0 Å². The van der Waals surface area contributed by atoms with Crippen molar-refractivity contribution < 1.29 is 0 Å². The molecule has 132 valence electrons. The smallest absolute Gasteiger partial charge is 0.138 e. The van der Waals surface area contributed by atoms with Crippen LogP contribution in [0.1, 0.15) is 5.56 Å². The van der Waals surface area contributed by atoms with Crippen molar-refractivity contribution in [2.75, 3.05) is 35.1 Å². The van der Waals surface area contributed by atoms with Gasteiger partial charge in [0.2, 0.25) is 0 Å². The minimum Gasteiger partial charge on any atom is -0.369 e. The second-order valence-electron chi connectivity index (χ2n) is 6.18. The van der Waals surface area contributed by atoms with E-state index in [1.54, 1.807) is 0 Å². The van der Waals surface area contributed by atoms with E-state index < -0.39 is 0 Å². The largest absolute Gasteiger partial charge is 0.369 e. The van der Waals surface area contributed by atoms with Crippen LogP contribution in [-0.2, 0) is 0 Å². The molecule has 1 aliphatic rings. The molecule has 0 atom stereocenters. The number of nitrogens with one attached hydrogen (secondary N) is 1. The maximum Gasteiger partial charge on any atom is 0.138 e. The van der Waals surface area contributed by atoms with Gasteiger partial charge >= 0.3 is 0 Å². The number of nitrogens with zero attached hydrogens (tertiary/aromatic N) is 2. The third kappa shape index (κ3) is 3.25. The predicted octanol–water partition coefficient (Wildman–Crippen LogP) is 5.63. The SMILES string of the molecule is ClCCN(CCCl)c1ccc(C2=Nc3cccc4cccc(c34)N2)cc1. The number of anilines is 2. The Bertz CT molecular complexity index is 940. The first-order chi connectivity index (χ1) is 12.8. The van der Waals surface area contributed by atoms with Crippen LogP contribution < -0.4 is 10.2 Å². The van der Waals surface area contributed by atoms with Crippen LogP contribution in [0.3, 0.4) is 0 Å². The highest BCUT2D eigenvalue weighted by molar-refractivity contribution is 6.19. The number of amidine groups is 1. The molecule has 0 amide bonds. The van der Waals surface area contributed by atoms with Crippen LogP contribution in [0.15, 0.2) is 65.7 Å². The van der Waals surface area contributed by atoms with Gasteiger partial charge in [-0.25, -0.2) is 4.99 Å². The highest BCUT2D eigenvalue weighted by Gasteiger charge is 2.15. The van der Waals surface area contributed by atoms with Gasteiger partial charge in [0.1, 0.15) is 5.84 Å². The third-order valence-corrected chi connectivity index (χ3v) is 4.92. The first-order valence-electron chi connectivity index (χ1n) is 8.65. The molecule has 0 fully saturated rings. The maximum absolute atomic E-state index is 5.91. The lowest BCUT2D eigenvalue weighted by molar-refractivity contribution is 0.874. The quantitative estimate of drug-likeness (QED) is 0.558. The molecule has 1 heterocycles. The van der Waals surface area contributed by atoms with Gasteiger partial charge in [0.05, 0.1) is 5.69 Å². The number of aliphatic imine (C=N–C) groups is 1. The van der Waals surface area contributed by atoms with Crippen LogP contribution in [0.4, 0.5) is 17.1 Å². The molecule has 3 aromatic carbocycles. The summed E-state index contributed by atoms with van der Waals surface area (Å²) in [5.74, 6) is 2.02. The first-order valence-corrected chi connectivity index (χ1v) is 9.72. The van der Waals surface area contributed by atoms with E-state index in [9.17, 15) is 0 Å². The normalized spacial score (nSPS) is 12.6. The zero-order valence-electron chi connectivity index (χ0n) is 14.3. The zero-order chi connectivity index (χ0) is 17.9. The van der Waals surface area contributed by atoms with Gasteiger partial charge in [0, 0.05) is 47.2 Å². The van der Waals surface area contributed by atoms with Gasteiger partial charge in [-0.1, -0.05) is 24.3 Å². The molecule has 5 heteroatoms. The lowest BCUT2D eigenvalue weighted by atomic mass is 10.0. The van der Waals surface area contributed by atoms with Gasteiger partial charge in [-0.05, 0) is 41.8 Å². The van der Waals surface area contributed by atoms with Crippen LogP contribution in [0.2, 0.25) is 0 Å². The lowest BCUT2D eigenvalue weighted by Gasteiger charge is -2.23. The molecule has 0 radical (unpaired) electrons. The molecule has 0 aliphatic carbocycles. The fourth-order valence-electron chi connectivity index (χ4n) is 3.34. The van der Waals surface area contributed by atoms with E-state index in [-0.39, 0.29) is 0 Å². The first kappa shape index (κ1) is 17.2. The molecule has 0 aromatic heterocycles. The molecule has 0 unspecified atom stereocenters. The van der Waals surface area contributed by atoms with Crippen molar-refractivity contribution in [3.63, 3.8) is 0 Å². The average Bonchev–Trinajstić information content (AvgIpc) is 2.68. The molecule has 1 aliphatic heterocycles. The molecule has 1 N–H and O–H groups in total. The lowest BCUT2D eigenvalue weighted by Crippen LogP contribution is -2.27. The van der Waals surface area contributed by atoms with Gasteiger partial charge in [-0.15, -0.1) is 23.2 Å². The van der Waals surface area contributed by atoms with E-state index in [0.717, 1.165) is 41.6 Å². The fraction of sp³-hybridized carbons (Fsp3) is 0.190. The molecule has 3 nitrogen and oxygen atoms in total. The highest BCUT2D eigenvalue weighted by Crippen LogP contribution is 2.36. The summed E-state index contributed by atoms with van der Waals surface area (Å²) < 4.78 is 0. The molecule has 0 spiro atoms. The number of alkyl halides is 2. The van der Waals surface area contributed by atoms with E-state index >= 15 is 0 Å². The Balaban J connectivity index is 1.66. The van der Waals surface area contributed by atoms with Crippen molar-refractivity contribution in [1.82, 2.24) is 0 Å². The summed E-state index contributed by atoms with van der Waals surface area (Å²) in [5.41, 5.74) is 4.27. The standard InChI is InChI=1S/C21H19Cl2N3/c22-11-13-26(14-12-23)17-9-7-16(8-10-17)21-24-18-5-1-3-15-4-2-6-19(25-21)20(15)18/h1-10H,11-14H2,(H,24,25). The summed E-state index contributed by atoms with van der Waals surface area (Å²) >= 11 is 11.8. The Morgan fingerprint density at radius 2 is 1.54 bits per heavy atom. The fourth-order valence-corrected chi connectivity index (χ4v) is 3.74. The summed E-state index contributed by atoms with van der Waals surface area (Å²) in [6.07, 6.45) is 0. The van der Waals surface area contributed by atoms with Crippen molar-refractivity contribution >= 4 is 56.9 Å². The molecule has 26 heavy (non-hydrogen) atoms. The van der Waals surface area contributed by atoms with Crippen molar-refractivity contribution in [3.05, 3.63) is 66.2 Å². The Morgan fingerprint density at radius 3 is 2.23 bits per heavy atom. The van der Waals surface area contributed by atoms with Gasteiger partial charge in [-0.2, -0.15) is 0 Å². The van der Waals surface area contributed by atoms with Crippen molar-refractivity contribution in [2.45, 2.75) is 0 Å². The highest BCUT2D eigenvalue weighted by atomic mass is 35.5. The summed E-state index contributed by atoms with van der Waals surface area (Å²) in [6, 6.07) is 20.9. The summed E-state index contributed by atoms with van der Waals surface area (Å²) in [6.45, 7) is 1.56. The third-order valence-electron chi connectivity index (χ3n) is 4.58. The number of hydrogen-bond donors (Lipinski definition) is 1. The molecule has 0 saturated heterocycles. The number of benzene rings is 3. The Kier molecular flexibility index (Phi) is 5.00. The molecular formula is C21H19Cl2N3.